The van der Waals surface area contributed by atoms with Crippen LogP contribution in [0.25, 0.3) is 0 Å². The lowest BCUT2D eigenvalue weighted by Crippen LogP contribution is -2.42. The Bertz CT molecular complexity index is 137. The lowest BCUT2D eigenvalue weighted by atomic mass is 10.3. The van der Waals surface area contributed by atoms with Crippen LogP contribution in [0.4, 0.5) is 0 Å². The van der Waals surface area contributed by atoms with Crippen molar-refractivity contribution in [3.63, 3.8) is 0 Å². The van der Waals surface area contributed by atoms with Gasteiger partial charge in [0.05, 0.1) is 9.47 Å². The van der Waals surface area contributed by atoms with Crippen molar-refractivity contribution in [2.24, 2.45) is 0 Å². The summed E-state index contributed by atoms with van der Waals surface area (Å²) in [4.78, 5) is 10.7. The summed E-state index contributed by atoms with van der Waals surface area (Å²) < 4.78 is 5.43. The molecule has 0 spiro atoms. The molecule has 0 saturated heterocycles. The first-order chi connectivity index (χ1) is 4.42. The second-order valence-electron chi connectivity index (χ2n) is 1.83. The molecule has 1 N–H and O–H groups in total. The quantitative estimate of drug-likeness (QED) is 0.501. The molecule has 10 heavy (non-hydrogen) atoms. The lowest BCUT2D eigenvalue weighted by Gasteiger charge is -2.26. The molecule has 0 fully saturated rings. The van der Waals surface area contributed by atoms with Gasteiger partial charge in [-0.2, -0.15) is 0 Å². The summed E-state index contributed by atoms with van der Waals surface area (Å²) >= 11 is 0. The fraction of sp³-hybridized carbons (Fsp3) is 0.667. The first kappa shape index (κ1) is 10.7. The van der Waals surface area contributed by atoms with E-state index in [1.54, 1.807) is 9.47 Å². The molecule has 0 aromatic carbocycles. The molecule has 4 atom stereocenters. The highest BCUT2D eigenvalue weighted by Gasteiger charge is 2.34. The number of aliphatic hydroxyl groups is 1. The van der Waals surface area contributed by atoms with Gasteiger partial charge in [-0.05, 0) is 6.92 Å². The average molecular weight is 201 g/mol. The van der Waals surface area contributed by atoms with Gasteiger partial charge in [-0.25, -0.2) is 9.24 Å². The minimum atomic E-state index is -1.61. The second kappa shape index (κ2) is 3.90. The Hall–Kier alpha value is 0.680. The lowest BCUT2D eigenvalue weighted by molar-refractivity contribution is -0.158. The first-order valence-electron chi connectivity index (χ1n) is 2.36. The molecule has 0 aromatic rings. The van der Waals surface area contributed by atoms with E-state index in [1.807, 2.05) is 0 Å². The highest BCUT2D eigenvalue weighted by atomic mass is 31.1. The number of hydrogen-bond donors (Lipinski definition) is 1. The Kier molecular flexibility index (Phi) is 4.16. The van der Waals surface area contributed by atoms with Crippen molar-refractivity contribution in [2.45, 2.75) is 12.6 Å². The van der Waals surface area contributed by atoms with Gasteiger partial charge in [0.15, 0.2) is 0 Å². The zero-order valence-corrected chi connectivity index (χ0v) is 8.91. The van der Waals surface area contributed by atoms with Crippen LogP contribution in [0.2, 0.25) is 0 Å². The van der Waals surface area contributed by atoms with Crippen LogP contribution in [0.5, 0.6) is 0 Å². The van der Waals surface area contributed by atoms with Crippen LogP contribution in [-0.2, 0) is 9.32 Å². The second-order valence-corrected chi connectivity index (χ2v) is 3.78. The van der Waals surface area contributed by atoms with Crippen molar-refractivity contribution in [3.8, 4) is 0 Å². The molecule has 0 heterocycles. The minimum Gasteiger partial charge on any atom is -0.448 e. The van der Waals surface area contributed by atoms with E-state index in [0.717, 1.165) is 0 Å². The predicted octanol–water partition coefficient (Wildman–Crippen LogP) is -0.0896. The highest BCUT2D eigenvalue weighted by Crippen LogP contribution is 2.23. The van der Waals surface area contributed by atoms with Crippen LogP contribution < -0.4 is 0 Å². The molecule has 4 nitrogen and oxygen atoms in total. The number of nitrogens with zero attached hydrogens (tertiary/aromatic N) is 1. The molecular weight excluding hydrogens is 191 g/mol. The summed E-state index contributed by atoms with van der Waals surface area (Å²) in [7, 11) is 6.05. The van der Waals surface area contributed by atoms with Gasteiger partial charge in [0.2, 0.25) is 5.72 Å². The number of carbonyl (C=O) groups excluding carboxylic acids is 1. The van der Waals surface area contributed by atoms with E-state index >= 15 is 0 Å². The smallest absolute Gasteiger partial charge is 0.356 e. The van der Waals surface area contributed by atoms with Gasteiger partial charge in [0.1, 0.15) is 0 Å². The van der Waals surface area contributed by atoms with Gasteiger partial charge in [0, 0.05) is 0 Å². The van der Waals surface area contributed by atoms with Gasteiger partial charge in [-0.3, -0.25) is 0 Å². The van der Waals surface area contributed by atoms with E-state index in [2.05, 4.69) is 23.3 Å². The molecular formula is C3H10NO3P3. The Balaban J connectivity index is 4.24. The molecule has 0 aliphatic heterocycles. The van der Waals surface area contributed by atoms with Crippen molar-refractivity contribution in [2.75, 3.05) is 0 Å². The van der Waals surface area contributed by atoms with Crippen molar-refractivity contribution in [1.82, 2.24) is 4.44 Å². The maximum Gasteiger partial charge on any atom is 0.356 e. The van der Waals surface area contributed by atoms with E-state index in [9.17, 15) is 9.90 Å². The van der Waals surface area contributed by atoms with Crippen LogP contribution in [0.3, 0.4) is 0 Å². The van der Waals surface area contributed by atoms with E-state index in [4.69, 9.17) is 0 Å². The Morgan fingerprint density at radius 2 is 2.10 bits per heavy atom. The van der Waals surface area contributed by atoms with Crippen molar-refractivity contribution in [3.05, 3.63) is 0 Å². The fourth-order valence-corrected chi connectivity index (χ4v) is 0.651. The molecule has 0 aliphatic rings. The largest absolute Gasteiger partial charge is 0.448 e. The van der Waals surface area contributed by atoms with Gasteiger partial charge in [0.25, 0.3) is 0 Å². The number of rotatable bonds is 2. The standard InChI is InChI=1S/C3H10NO3P3/c1-3(6,4(8)9)2(5)7-10/h6H,8-10H2,1H3. The average Bonchev–Trinajstić information content (AvgIpc) is 1.86. The topological polar surface area (TPSA) is 49.8 Å². The van der Waals surface area contributed by atoms with Gasteiger partial charge in [-0.15, -0.1) is 0 Å². The molecule has 0 aliphatic carbocycles. The molecule has 0 amide bonds. The summed E-state index contributed by atoms with van der Waals surface area (Å²) in [5.74, 6) is -0.734. The molecule has 0 bridgehead atoms. The molecule has 4 unspecified atom stereocenters. The van der Waals surface area contributed by atoms with Crippen LogP contribution >= 0.6 is 28.2 Å². The van der Waals surface area contributed by atoms with Crippen LogP contribution in [0.15, 0.2) is 0 Å². The van der Waals surface area contributed by atoms with Crippen LogP contribution in [0.1, 0.15) is 6.92 Å². The van der Waals surface area contributed by atoms with E-state index in [1.165, 1.54) is 11.4 Å². The van der Waals surface area contributed by atoms with E-state index < -0.39 is 11.7 Å². The third kappa shape index (κ3) is 2.38. The molecule has 0 aromatic heterocycles. The third-order valence-electron chi connectivity index (χ3n) is 0.997. The Morgan fingerprint density at radius 1 is 1.70 bits per heavy atom. The van der Waals surface area contributed by atoms with Gasteiger partial charge in [-0.1, -0.05) is 18.8 Å². The Labute approximate surface area is 66.5 Å². The first-order valence-corrected chi connectivity index (χ1v) is 3.86. The van der Waals surface area contributed by atoms with Gasteiger partial charge >= 0.3 is 5.97 Å². The summed E-state index contributed by atoms with van der Waals surface area (Å²) in [6, 6.07) is 0. The monoisotopic (exact) mass is 201 g/mol. The molecule has 0 rings (SSSR count). The van der Waals surface area contributed by atoms with Gasteiger partial charge < -0.3 is 9.63 Å². The predicted molar refractivity (Wildman–Crippen MR) is 47.7 cm³/mol. The highest BCUT2D eigenvalue weighted by molar-refractivity contribution is 7.31. The molecule has 60 valence electrons. The minimum absolute atomic E-state index is 0.734. The van der Waals surface area contributed by atoms with Crippen LogP contribution in [0, 0.1) is 0 Å². The maximum atomic E-state index is 10.7. The Morgan fingerprint density at radius 3 is 2.20 bits per heavy atom. The molecule has 0 saturated carbocycles. The summed E-state index contributed by atoms with van der Waals surface area (Å²) in [5, 5.41) is 9.26. The fourth-order valence-electron chi connectivity index (χ4n) is 0.217. The van der Waals surface area contributed by atoms with Crippen molar-refractivity contribution >= 4 is 34.2 Å². The zero-order chi connectivity index (χ0) is 8.36. The van der Waals surface area contributed by atoms with E-state index in [0.29, 0.717) is 0 Å². The number of carbonyl (C=O) groups is 1. The third-order valence-corrected chi connectivity index (χ3v) is 2.22. The molecule has 7 heteroatoms. The van der Waals surface area contributed by atoms with Crippen molar-refractivity contribution in [1.29, 1.82) is 0 Å². The van der Waals surface area contributed by atoms with E-state index in [-0.39, 0.29) is 0 Å². The zero-order valence-electron chi connectivity index (χ0n) is 5.44. The SMILES string of the molecule is CC(O)(C(=O)OP)N(P)P. The summed E-state index contributed by atoms with van der Waals surface area (Å²) in [5.41, 5.74) is -1.61. The van der Waals surface area contributed by atoms with Crippen LogP contribution in [-0.4, -0.2) is 21.2 Å². The summed E-state index contributed by atoms with van der Waals surface area (Å²) in [6.45, 7) is 1.32. The maximum absolute atomic E-state index is 10.7. The molecule has 0 radical (unpaired) electrons. The van der Waals surface area contributed by atoms with Crippen molar-refractivity contribution < 1.29 is 14.4 Å². The summed E-state index contributed by atoms with van der Waals surface area (Å²) in [6.07, 6.45) is 0. The normalized spacial score (nSPS) is 16.6. The number of hydrogen-bond acceptors (Lipinski definition) is 4.